The normalized spacial score (nSPS) is 13.2. The van der Waals surface area contributed by atoms with Gasteiger partial charge in [-0.05, 0) is 68.0 Å². The minimum absolute atomic E-state index is 0.0318. The number of rotatable bonds is 10. The Hall–Kier alpha value is -2.54. The molecule has 0 unspecified atom stereocenters. The number of para-hydroxylation sites is 1. The van der Waals surface area contributed by atoms with Crippen LogP contribution in [0.5, 0.6) is 0 Å². The zero-order valence-electron chi connectivity index (χ0n) is 18.7. The summed E-state index contributed by atoms with van der Waals surface area (Å²) in [6, 6.07) is 14.2. The highest BCUT2D eigenvalue weighted by Gasteiger charge is 2.19. The SMILES string of the molecule is Cc1cc(C)cc(N(CCCC(=O)NCCCN2CCc3ccccc32)S(C)(=O)=O)c1. The molecule has 3 rings (SSSR count). The molecule has 0 saturated heterocycles. The van der Waals surface area contributed by atoms with Gasteiger partial charge in [-0.2, -0.15) is 0 Å². The van der Waals surface area contributed by atoms with Crippen LogP contribution in [0.1, 0.15) is 36.0 Å². The van der Waals surface area contributed by atoms with E-state index >= 15 is 0 Å². The fourth-order valence-corrected chi connectivity index (χ4v) is 5.14. The largest absolute Gasteiger partial charge is 0.371 e. The van der Waals surface area contributed by atoms with E-state index in [9.17, 15) is 13.2 Å². The first-order chi connectivity index (χ1) is 14.7. The Labute approximate surface area is 186 Å². The van der Waals surface area contributed by atoms with Crippen LogP contribution in [0.4, 0.5) is 11.4 Å². The number of amides is 1. The fraction of sp³-hybridized carbons (Fsp3) is 0.458. The summed E-state index contributed by atoms with van der Waals surface area (Å²) in [4.78, 5) is 14.6. The average Bonchev–Trinajstić information content (AvgIpc) is 3.10. The maximum atomic E-state index is 12.3. The summed E-state index contributed by atoms with van der Waals surface area (Å²) in [5, 5.41) is 2.97. The molecule has 1 aliphatic heterocycles. The highest BCUT2D eigenvalue weighted by atomic mass is 32.2. The standard InChI is InChI=1S/C24H33N3O3S/c1-19-16-20(2)18-22(17-19)27(31(3,29)30)14-6-10-24(28)25-12-7-13-26-15-11-21-8-4-5-9-23(21)26/h4-5,8-9,16-18H,6-7,10-15H2,1-3H3,(H,25,28). The molecule has 6 nitrogen and oxygen atoms in total. The molecular formula is C24H33N3O3S. The minimum Gasteiger partial charge on any atom is -0.371 e. The molecule has 1 heterocycles. The molecular weight excluding hydrogens is 410 g/mol. The lowest BCUT2D eigenvalue weighted by Crippen LogP contribution is -2.33. The van der Waals surface area contributed by atoms with Crippen LogP contribution in [0, 0.1) is 13.8 Å². The molecule has 0 saturated carbocycles. The molecule has 0 aromatic heterocycles. The Balaban J connectivity index is 1.41. The first-order valence-corrected chi connectivity index (χ1v) is 12.7. The number of carbonyl (C=O) groups excluding carboxylic acids is 1. The third-order valence-corrected chi connectivity index (χ3v) is 6.76. The van der Waals surface area contributed by atoms with E-state index in [1.54, 1.807) is 0 Å². The Morgan fingerprint density at radius 3 is 2.52 bits per heavy atom. The molecule has 0 fully saturated rings. The molecule has 0 radical (unpaired) electrons. The van der Waals surface area contributed by atoms with Crippen molar-refractivity contribution in [2.24, 2.45) is 0 Å². The van der Waals surface area contributed by atoms with Crippen molar-refractivity contribution in [2.45, 2.75) is 39.5 Å². The van der Waals surface area contributed by atoms with Crippen molar-refractivity contribution in [1.82, 2.24) is 5.32 Å². The molecule has 2 aromatic carbocycles. The van der Waals surface area contributed by atoms with Gasteiger partial charge < -0.3 is 10.2 Å². The predicted octanol–water partition coefficient (Wildman–Crippen LogP) is 3.42. The highest BCUT2D eigenvalue weighted by molar-refractivity contribution is 7.92. The average molecular weight is 444 g/mol. The molecule has 0 aliphatic carbocycles. The molecule has 0 bridgehead atoms. The van der Waals surface area contributed by atoms with Crippen LogP contribution >= 0.6 is 0 Å². The monoisotopic (exact) mass is 443 g/mol. The van der Waals surface area contributed by atoms with E-state index in [1.807, 2.05) is 32.0 Å². The molecule has 0 atom stereocenters. The summed E-state index contributed by atoms with van der Waals surface area (Å²) < 4.78 is 25.9. The summed E-state index contributed by atoms with van der Waals surface area (Å²) in [6.45, 7) is 6.78. The van der Waals surface area contributed by atoms with E-state index in [0.29, 0.717) is 31.6 Å². The second kappa shape index (κ2) is 10.2. The van der Waals surface area contributed by atoms with E-state index in [0.717, 1.165) is 37.1 Å². The van der Waals surface area contributed by atoms with Crippen LogP contribution in [-0.2, 0) is 21.2 Å². The molecule has 1 amide bonds. The third-order valence-electron chi connectivity index (χ3n) is 5.57. The predicted molar refractivity (Wildman–Crippen MR) is 127 cm³/mol. The molecule has 0 spiro atoms. The summed E-state index contributed by atoms with van der Waals surface area (Å²) in [5.41, 5.74) is 5.39. The summed E-state index contributed by atoms with van der Waals surface area (Å²) in [7, 11) is -3.41. The maximum absolute atomic E-state index is 12.3. The minimum atomic E-state index is -3.41. The molecule has 7 heteroatoms. The van der Waals surface area contributed by atoms with Crippen molar-refractivity contribution in [1.29, 1.82) is 0 Å². The molecule has 31 heavy (non-hydrogen) atoms. The molecule has 1 aliphatic rings. The lowest BCUT2D eigenvalue weighted by Gasteiger charge is -2.23. The number of sulfonamides is 1. The quantitative estimate of drug-likeness (QED) is 0.571. The van der Waals surface area contributed by atoms with Gasteiger partial charge in [-0.1, -0.05) is 24.3 Å². The van der Waals surface area contributed by atoms with Crippen LogP contribution in [0.3, 0.4) is 0 Å². The number of nitrogens with zero attached hydrogens (tertiary/aromatic N) is 2. The number of hydrogen-bond donors (Lipinski definition) is 1. The lowest BCUT2D eigenvalue weighted by molar-refractivity contribution is -0.121. The smallest absolute Gasteiger partial charge is 0.232 e. The first kappa shape index (κ1) is 23.1. The van der Waals surface area contributed by atoms with E-state index in [4.69, 9.17) is 0 Å². The first-order valence-electron chi connectivity index (χ1n) is 10.9. The third kappa shape index (κ3) is 6.47. The Morgan fingerprint density at radius 1 is 1.10 bits per heavy atom. The van der Waals surface area contributed by atoms with Gasteiger partial charge in [0.15, 0.2) is 0 Å². The molecule has 1 N–H and O–H groups in total. The number of aryl methyl sites for hydroxylation is 2. The van der Waals surface area contributed by atoms with Crippen molar-refractivity contribution in [3.05, 3.63) is 59.2 Å². The summed E-state index contributed by atoms with van der Waals surface area (Å²) >= 11 is 0. The Bertz CT molecular complexity index is 1000. The number of nitrogens with one attached hydrogen (secondary N) is 1. The number of benzene rings is 2. The summed E-state index contributed by atoms with van der Waals surface area (Å²) in [6.07, 6.45) is 3.97. The van der Waals surface area contributed by atoms with Crippen molar-refractivity contribution < 1.29 is 13.2 Å². The van der Waals surface area contributed by atoms with E-state index in [2.05, 4.69) is 34.5 Å². The van der Waals surface area contributed by atoms with Crippen molar-refractivity contribution in [2.75, 3.05) is 41.6 Å². The topological polar surface area (TPSA) is 69.7 Å². The summed E-state index contributed by atoms with van der Waals surface area (Å²) in [5.74, 6) is -0.0318. The van der Waals surface area contributed by atoms with Gasteiger partial charge >= 0.3 is 0 Å². The van der Waals surface area contributed by atoms with E-state index < -0.39 is 10.0 Å². The number of carbonyl (C=O) groups is 1. The van der Waals surface area contributed by atoms with Crippen LogP contribution in [0.15, 0.2) is 42.5 Å². The Kier molecular flexibility index (Phi) is 7.59. The number of anilines is 2. The van der Waals surface area contributed by atoms with Crippen LogP contribution in [0.25, 0.3) is 0 Å². The van der Waals surface area contributed by atoms with Gasteiger partial charge in [0.05, 0.1) is 11.9 Å². The zero-order valence-corrected chi connectivity index (χ0v) is 19.5. The van der Waals surface area contributed by atoms with Gasteiger partial charge in [0, 0.05) is 38.3 Å². The Morgan fingerprint density at radius 2 is 1.81 bits per heavy atom. The van der Waals surface area contributed by atoms with E-state index in [1.165, 1.54) is 21.8 Å². The van der Waals surface area contributed by atoms with Crippen LogP contribution < -0.4 is 14.5 Å². The van der Waals surface area contributed by atoms with Crippen molar-refractivity contribution in [3.63, 3.8) is 0 Å². The van der Waals surface area contributed by atoms with Gasteiger partial charge in [0.1, 0.15) is 0 Å². The highest BCUT2D eigenvalue weighted by Crippen LogP contribution is 2.27. The lowest BCUT2D eigenvalue weighted by atomic mass is 10.1. The van der Waals surface area contributed by atoms with Gasteiger partial charge in [-0.3, -0.25) is 9.10 Å². The van der Waals surface area contributed by atoms with Crippen LogP contribution in [0.2, 0.25) is 0 Å². The van der Waals surface area contributed by atoms with Gasteiger partial charge in [-0.25, -0.2) is 8.42 Å². The molecule has 168 valence electrons. The van der Waals surface area contributed by atoms with Crippen molar-refractivity contribution >= 4 is 27.3 Å². The zero-order chi connectivity index (χ0) is 22.4. The number of hydrogen-bond acceptors (Lipinski definition) is 4. The second-order valence-electron chi connectivity index (χ2n) is 8.35. The van der Waals surface area contributed by atoms with Gasteiger partial charge in [-0.15, -0.1) is 0 Å². The fourth-order valence-electron chi connectivity index (χ4n) is 4.19. The van der Waals surface area contributed by atoms with Crippen LogP contribution in [-0.4, -0.2) is 46.8 Å². The maximum Gasteiger partial charge on any atom is 0.232 e. The van der Waals surface area contributed by atoms with E-state index in [-0.39, 0.29) is 5.91 Å². The van der Waals surface area contributed by atoms with Crippen molar-refractivity contribution in [3.8, 4) is 0 Å². The second-order valence-corrected chi connectivity index (χ2v) is 10.3. The van der Waals surface area contributed by atoms with Gasteiger partial charge in [0.2, 0.25) is 15.9 Å². The van der Waals surface area contributed by atoms with Gasteiger partial charge in [0.25, 0.3) is 0 Å². The number of fused-ring (bicyclic) bond motifs is 1. The molecule has 2 aromatic rings.